The van der Waals surface area contributed by atoms with E-state index in [0.29, 0.717) is 0 Å². The summed E-state index contributed by atoms with van der Waals surface area (Å²) in [7, 11) is 0. The third kappa shape index (κ3) is 6.73. The van der Waals surface area contributed by atoms with Crippen LogP contribution in [-0.4, -0.2) is 19.9 Å². The summed E-state index contributed by atoms with van der Waals surface area (Å²) in [6.07, 6.45) is 0. The summed E-state index contributed by atoms with van der Waals surface area (Å²) in [5.74, 6) is 0. The van der Waals surface area contributed by atoms with Crippen LogP contribution in [0.15, 0.2) is 243 Å². The van der Waals surface area contributed by atoms with E-state index in [1.165, 1.54) is 16.1 Å². The van der Waals surface area contributed by atoms with Crippen LogP contribution in [0.4, 0.5) is 0 Å². The number of nitrogens with one attached hydrogen (secondary N) is 2. The van der Waals surface area contributed by atoms with Crippen LogP contribution in [0.1, 0.15) is 0 Å². The van der Waals surface area contributed by atoms with Gasteiger partial charge < -0.3 is 9.97 Å². The molecule has 2 N–H and O–H groups in total. The van der Waals surface area contributed by atoms with Gasteiger partial charge in [-0.2, -0.15) is 0 Å². The van der Waals surface area contributed by atoms with E-state index in [0.717, 1.165) is 88.6 Å². The summed E-state index contributed by atoms with van der Waals surface area (Å²) in [5.41, 5.74) is 12.5. The van der Waals surface area contributed by atoms with E-state index in [1.807, 2.05) is 0 Å². The Morgan fingerprint density at radius 2 is 0.462 bits per heavy atom. The Hall–Kier alpha value is -7.94. The number of H-pyrrole nitrogens is 2. The zero-order chi connectivity index (χ0) is 43.2. The molecule has 312 valence electrons. The maximum absolute atomic E-state index is 5.17. The molecule has 0 saturated heterocycles. The number of hydrogen-bond acceptors (Lipinski definition) is 2. The number of fused-ring (bicyclic) bond motifs is 20. The van der Waals surface area contributed by atoms with Gasteiger partial charge in [0.2, 0.25) is 0 Å². The minimum atomic E-state index is -2.46. The van der Waals surface area contributed by atoms with E-state index in [9.17, 15) is 0 Å². The van der Waals surface area contributed by atoms with Crippen molar-refractivity contribution < 1.29 is 15.5 Å². The van der Waals surface area contributed by atoms with Crippen LogP contribution in [0.25, 0.3) is 88.6 Å². The molecule has 0 unspecified atom stereocenters. The molecule has 0 spiro atoms. The van der Waals surface area contributed by atoms with Gasteiger partial charge in [0.25, 0.3) is 0 Å². The number of nitrogens with zero attached hydrogens (tertiary/aromatic N) is 2. The molecule has 2 aliphatic heterocycles. The minimum Gasteiger partial charge on any atom is -0.354 e. The van der Waals surface area contributed by atoms with E-state index in [4.69, 9.17) is 9.97 Å². The zero-order valence-electron chi connectivity index (χ0n) is 35.3. The molecule has 13 rings (SSSR count). The number of rotatable bonds is 4. The molecule has 8 bridgehead atoms. The first-order valence-corrected chi connectivity index (χ1v) is 24.9. The molecular weight excluding hydrogens is 883 g/mol. The third-order valence-corrected chi connectivity index (χ3v) is 19.5. The van der Waals surface area contributed by atoms with Crippen molar-refractivity contribution in [3.05, 3.63) is 243 Å². The Bertz CT molecular complexity index is 3230. The summed E-state index contributed by atoms with van der Waals surface area (Å²) >= 11 is -2.46. The van der Waals surface area contributed by atoms with Gasteiger partial charge in [0.15, 0.2) is 0 Å². The fourth-order valence-corrected chi connectivity index (χ4v) is 16.6. The third-order valence-electron chi connectivity index (χ3n) is 12.1. The van der Waals surface area contributed by atoms with Gasteiger partial charge in [0, 0.05) is 65.9 Å². The topological polar surface area (TPSA) is 57.4 Å². The number of benzene rings is 8. The summed E-state index contributed by atoms with van der Waals surface area (Å²) in [4.78, 5) is 17.8. The molecule has 5 heteroatoms. The van der Waals surface area contributed by atoms with Crippen molar-refractivity contribution >= 4 is 59.8 Å². The first-order chi connectivity index (χ1) is 32.2. The van der Waals surface area contributed by atoms with Crippen molar-refractivity contribution in [1.82, 2.24) is 19.9 Å². The smallest absolute Gasteiger partial charge is 0.0737 e. The normalized spacial score (nSPS) is 11.9. The standard InChI is InChI=1S/C36H22N4.4C6H5.Pd/c1-2-10-22-21(9-1)29-17-31-23-11-3-4-12-24(23)33(38-31)19-35-27-15-7-8-16-28(27)36(40-35)20-34-26-14-6-5-13-25(26)32(39-34)18-30(22)37-29;4*1-2-4-6-5-3-1;/h1-20,37,40H;4*1-5H;. The van der Waals surface area contributed by atoms with Crippen LogP contribution in [0, 0.1) is 0 Å². The molecule has 5 heterocycles. The fourth-order valence-electron chi connectivity index (χ4n) is 9.14. The van der Waals surface area contributed by atoms with Crippen molar-refractivity contribution in [1.29, 1.82) is 0 Å². The van der Waals surface area contributed by atoms with Gasteiger partial charge in [0.1, 0.15) is 0 Å². The number of aromatic amines is 2. The molecule has 3 aromatic heterocycles. The Labute approximate surface area is 380 Å². The molecule has 0 amide bonds. The molecule has 2 aliphatic rings. The molecule has 4 nitrogen and oxygen atoms in total. The van der Waals surface area contributed by atoms with Gasteiger partial charge in [-0.05, 0) is 24.3 Å². The quantitative estimate of drug-likeness (QED) is 0.173. The molecule has 0 fully saturated rings. The van der Waals surface area contributed by atoms with E-state index >= 15 is 0 Å². The first kappa shape index (κ1) is 38.7. The van der Waals surface area contributed by atoms with E-state index < -0.39 is 15.5 Å². The van der Waals surface area contributed by atoms with E-state index in [-0.39, 0.29) is 0 Å². The van der Waals surface area contributed by atoms with Gasteiger partial charge in [-0.25, -0.2) is 9.97 Å². The van der Waals surface area contributed by atoms with E-state index in [2.05, 4.69) is 253 Å². The average molecular weight is 925 g/mol. The summed E-state index contributed by atoms with van der Waals surface area (Å²) in [6, 6.07) is 86.8. The molecule has 0 atom stereocenters. The van der Waals surface area contributed by atoms with Crippen LogP contribution in [0.3, 0.4) is 0 Å². The Balaban J connectivity index is 0.000000153. The van der Waals surface area contributed by atoms with Crippen LogP contribution in [0.2, 0.25) is 0 Å². The van der Waals surface area contributed by atoms with Crippen molar-refractivity contribution in [2.75, 3.05) is 0 Å². The second-order valence-corrected chi connectivity index (χ2v) is 21.9. The van der Waals surface area contributed by atoms with Crippen LogP contribution in [-0.2, 0) is 15.5 Å². The van der Waals surface area contributed by atoms with Gasteiger partial charge in [-0.3, -0.25) is 0 Å². The number of hydrogen-bond donors (Lipinski definition) is 2. The summed E-state index contributed by atoms with van der Waals surface area (Å²) in [6.45, 7) is 0. The number of aromatic nitrogens is 4. The van der Waals surface area contributed by atoms with Crippen molar-refractivity contribution in [3.8, 4) is 45.0 Å². The maximum Gasteiger partial charge on any atom is 0.0737 e. The fraction of sp³-hybridized carbons (Fsp3) is 0. The average Bonchev–Trinajstić information content (AvgIpc) is 4.12. The van der Waals surface area contributed by atoms with Gasteiger partial charge in [-0.1, -0.05) is 97.1 Å². The second kappa shape index (κ2) is 16.3. The van der Waals surface area contributed by atoms with Crippen LogP contribution in [0.5, 0.6) is 0 Å². The van der Waals surface area contributed by atoms with Crippen molar-refractivity contribution in [2.24, 2.45) is 0 Å². The van der Waals surface area contributed by atoms with Crippen LogP contribution >= 0.6 is 0 Å². The van der Waals surface area contributed by atoms with Gasteiger partial charge in [0.05, 0.1) is 22.8 Å². The van der Waals surface area contributed by atoms with Gasteiger partial charge in [-0.15, -0.1) is 0 Å². The molecule has 11 aromatic rings. The predicted octanol–water partition coefficient (Wildman–Crippen LogP) is 12.7. The van der Waals surface area contributed by atoms with Gasteiger partial charge >= 0.3 is 153 Å². The molecule has 0 saturated carbocycles. The van der Waals surface area contributed by atoms with Crippen LogP contribution < -0.4 is 16.1 Å². The van der Waals surface area contributed by atoms with Crippen molar-refractivity contribution in [2.45, 2.75) is 0 Å². The summed E-state index contributed by atoms with van der Waals surface area (Å²) < 4.78 is 5.71. The Morgan fingerprint density at radius 1 is 0.246 bits per heavy atom. The van der Waals surface area contributed by atoms with E-state index in [1.54, 1.807) is 0 Å². The Kier molecular flexibility index (Phi) is 9.72. The SMILES string of the molecule is c1cc[c]([Pd]([c]2ccccc2)([c]2ccccc2)[c]2ccccc2)cc1.c1ccc2c(c1)-c1cc3[nH]c(cc4nc(cc5[nH]c(cc-2n1)c1ccccc51)-c1ccccc1-4)c1ccccc31. The molecule has 65 heavy (non-hydrogen) atoms. The molecular formula is C60H42N4Pd. The minimum absolute atomic E-state index is 0.953. The first-order valence-electron chi connectivity index (χ1n) is 21.8. The van der Waals surface area contributed by atoms with Crippen molar-refractivity contribution in [3.63, 3.8) is 0 Å². The zero-order valence-corrected chi connectivity index (χ0v) is 36.9. The largest absolute Gasteiger partial charge is 0.354 e. The predicted molar refractivity (Wildman–Crippen MR) is 269 cm³/mol. The summed E-state index contributed by atoms with van der Waals surface area (Å²) in [5, 5.41) is 4.66. The molecule has 0 aliphatic carbocycles. The molecule has 0 radical (unpaired) electrons. The molecule has 8 aromatic carbocycles. The monoisotopic (exact) mass is 924 g/mol. The Morgan fingerprint density at radius 3 is 0.708 bits per heavy atom. The maximum atomic E-state index is 5.17. The second-order valence-electron chi connectivity index (χ2n) is 15.9.